The summed E-state index contributed by atoms with van der Waals surface area (Å²) >= 11 is 0. The van der Waals surface area contributed by atoms with Gasteiger partial charge in [-0.3, -0.25) is 0 Å². The van der Waals surface area contributed by atoms with Crippen LogP contribution in [0.2, 0.25) is 0 Å². The van der Waals surface area contributed by atoms with Crippen LogP contribution >= 0.6 is 0 Å². The average Bonchev–Trinajstić information content (AvgIpc) is 3.70. The Morgan fingerprint density at radius 3 is 2.24 bits per heavy atom. The summed E-state index contributed by atoms with van der Waals surface area (Å²) in [4.78, 5) is 0. The summed E-state index contributed by atoms with van der Waals surface area (Å²) in [6.45, 7) is 0.726. The van der Waals surface area contributed by atoms with Crippen molar-refractivity contribution < 1.29 is 0 Å². The van der Waals surface area contributed by atoms with Gasteiger partial charge in [0.25, 0.3) is 0 Å². The lowest BCUT2D eigenvalue weighted by molar-refractivity contribution is 0.736. The number of hydrogen-bond acceptors (Lipinski definition) is 3. The molecular weight excluding hydrogens is 623 g/mol. The highest BCUT2D eigenvalue weighted by atomic mass is 15.0. The van der Waals surface area contributed by atoms with Crippen molar-refractivity contribution in [1.29, 1.82) is 15.8 Å². The molecule has 0 fully saturated rings. The molecule has 5 nitrogen and oxygen atoms in total. The molecule has 0 bridgehead atoms. The first-order valence-electron chi connectivity index (χ1n) is 17.3. The van der Waals surface area contributed by atoms with Crippen molar-refractivity contribution in [2.24, 2.45) is 0 Å². The van der Waals surface area contributed by atoms with Crippen molar-refractivity contribution in [2.75, 3.05) is 0 Å². The second kappa shape index (κ2) is 12.2. The lowest BCUT2D eigenvalue weighted by atomic mass is 9.84. The van der Waals surface area contributed by atoms with E-state index in [1.54, 1.807) is 0 Å². The second-order valence-electron chi connectivity index (χ2n) is 13.4. The van der Waals surface area contributed by atoms with Gasteiger partial charge in [-0.15, -0.1) is 0 Å². The van der Waals surface area contributed by atoms with Gasteiger partial charge in [0.05, 0.1) is 45.9 Å². The van der Waals surface area contributed by atoms with Crippen molar-refractivity contribution in [2.45, 2.75) is 31.7 Å². The van der Waals surface area contributed by atoms with E-state index >= 15 is 0 Å². The van der Waals surface area contributed by atoms with Crippen LogP contribution in [0.5, 0.6) is 0 Å². The van der Waals surface area contributed by atoms with Gasteiger partial charge in [-0.25, -0.2) is 0 Å². The maximum atomic E-state index is 10.2. The molecule has 1 unspecified atom stereocenters. The molecule has 2 aliphatic rings. The molecule has 5 heteroatoms. The molecule has 240 valence electrons. The largest absolute Gasteiger partial charge is 0.340 e. The second-order valence-corrected chi connectivity index (χ2v) is 13.4. The zero-order valence-corrected chi connectivity index (χ0v) is 27.8. The van der Waals surface area contributed by atoms with Crippen molar-refractivity contribution in [3.63, 3.8) is 0 Å². The first-order valence-corrected chi connectivity index (χ1v) is 17.3. The number of allylic oxidation sites excluding steroid dienone is 5. The van der Waals surface area contributed by atoms with E-state index in [0.29, 0.717) is 16.7 Å². The predicted molar refractivity (Wildman–Crippen MR) is 204 cm³/mol. The average molecular weight is 654 g/mol. The van der Waals surface area contributed by atoms with Gasteiger partial charge in [0, 0.05) is 51.1 Å². The van der Waals surface area contributed by atoms with Crippen LogP contribution in [0.15, 0.2) is 127 Å². The van der Waals surface area contributed by atoms with Gasteiger partial charge in [0.1, 0.15) is 0 Å². The third-order valence-corrected chi connectivity index (χ3v) is 10.5. The SMILES string of the molecule is N#Cc1cc(C2=CC(c3cc(C#N)ccc3Cn3c4c(c5ccccc53)C=CCC4)CC=C2)cc(-n2c3ccccc3c3cc(C#N)ccc32)c1. The molecule has 0 amide bonds. The van der Waals surface area contributed by atoms with Crippen LogP contribution in [0.4, 0.5) is 0 Å². The number of hydrogen-bond donors (Lipinski definition) is 0. The molecule has 0 radical (unpaired) electrons. The van der Waals surface area contributed by atoms with Gasteiger partial charge in [-0.2, -0.15) is 15.8 Å². The number of aromatic nitrogens is 2. The minimum absolute atomic E-state index is 0.0534. The molecule has 5 aromatic carbocycles. The van der Waals surface area contributed by atoms with Crippen molar-refractivity contribution in [3.05, 3.63) is 172 Å². The molecule has 0 N–H and O–H groups in total. The standard InChI is InChI=1S/C46H31N5/c47-26-30-16-18-35(29-50-43-13-4-1-10-38(43)39-11-2-5-14-44(39)50)41(22-30)34-9-7-8-33(24-34)36-20-32(28-49)21-37(25-36)51-45-15-6-3-12-40(45)42-23-31(27-48)17-19-46(42)51/h1-4,6-8,10-13,15-25,34H,5,9,14,29H2. The summed E-state index contributed by atoms with van der Waals surface area (Å²) in [5.74, 6) is 0.0534. The van der Waals surface area contributed by atoms with E-state index in [0.717, 1.165) is 70.0 Å². The summed E-state index contributed by atoms with van der Waals surface area (Å²) in [5, 5.41) is 33.1. The number of nitriles is 3. The van der Waals surface area contributed by atoms with Crippen LogP contribution in [0, 0.1) is 34.0 Å². The normalized spacial score (nSPS) is 15.0. The maximum absolute atomic E-state index is 10.2. The van der Waals surface area contributed by atoms with Crippen LogP contribution in [0.3, 0.4) is 0 Å². The van der Waals surface area contributed by atoms with E-state index in [1.165, 1.54) is 27.7 Å². The Labute approximate surface area is 296 Å². The van der Waals surface area contributed by atoms with Crippen LogP contribution in [-0.4, -0.2) is 9.13 Å². The van der Waals surface area contributed by atoms with E-state index in [-0.39, 0.29) is 5.92 Å². The molecule has 0 spiro atoms. The highest BCUT2D eigenvalue weighted by Crippen LogP contribution is 2.38. The zero-order valence-electron chi connectivity index (χ0n) is 27.8. The van der Waals surface area contributed by atoms with Crippen LogP contribution < -0.4 is 0 Å². The van der Waals surface area contributed by atoms with E-state index < -0.39 is 0 Å². The van der Waals surface area contributed by atoms with Gasteiger partial charge in [0.2, 0.25) is 0 Å². The highest BCUT2D eigenvalue weighted by molar-refractivity contribution is 6.09. The molecule has 9 rings (SSSR count). The van der Waals surface area contributed by atoms with Crippen molar-refractivity contribution in [3.8, 4) is 23.9 Å². The summed E-state index contributed by atoms with van der Waals surface area (Å²) in [6.07, 6.45) is 14.1. The molecule has 0 saturated heterocycles. The molecule has 0 saturated carbocycles. The Morgan fingerprint density at radius 2 is 1.39 bits per heavy atom. The van der Waals surface area contributed by atoms with Gasteiger partial charge in [0.15, 0.2) is 0 Å². The molecule has 51 heavy (non-hydrogen) atoms. The van der Waals surface area contributed by atoms with Crippen molar-refractivity contribution >= 4 is 44.4 Å². The third-order valence-electron chi connectivity index (χ3n) is 10.5. The fraction of sp³-hybridized carbons (Fsp3) is 0.109. The fourth-order valence-corrected chi connectivity index (χ4v) is 8.15. The number of nitrogens with zero attached hydrogens (tertiary/aromatic N) is 5. The predicted octanol–water partition coefficient (Wildman–Crippen LogP) is 10.5. The third kappa shape index (κ3) is 5.06. The topological polar surface area (TPSA) is 81.2 Å². The van der Waals surface area contributed by atoms with Gasteiger partial charge >= 0.3 is 0 Å². The maximum Gasteiger partial charge on any atom is 0.0992 e. The van der Waals surface area contributed by atoms with Crippen LogP contribution in [0.25, 0.3) is 50.0 Å². The lowest BCUT2D eigenvalue weighted by Gasteiger charge is -2.23. The summed E-state index contributed by atoms with van der Waals surface area (Å²) in [5.41, 5.74) is 13.0. The number of para-hydroxylation sites is 2. The van der Waals surface area contributed by atoms with E-state index in [4.69, 9.17) is 0 Å². The number of rotatable bonds is 5. The van der Waals surface area contributed by atoms with Crippen LogP contribution in [-0.2, 0) is 13.0 Å². The number of fused-ring (bicyclic) bond motifs is 6. The Bertz CT molecular complexity index is 2800. The quantitative estimate of drug-likeness (QED) is 0.185. The minimum atomic E-state index is 0.0534. The molecule has 2 aliphatic carbocycles. The Kier molecular flexibility index (Phi) is 7.24. The smallest absolute Gasteiger partial charge is 0.0992 e. The van der Waals surface area contributed by atoms with E-state index in [1.807, 2.05) is 48.5 Å². The highest BCUT2D eigenvalue weighted by Gasteiger charge is 2.22. The van der Waals surface area contributed by atoms with Gasteiger partial charge in [-0.05, 0) is 102 Å². The molecule has 0 aliphatic heterocycles. The fourth-order valence-electron chi connectivity index (χ4n) is 8.15. The Hall–Kier alpha value is -6.87. The van der Waals surface area contributed by atoms with Gasteiger partial charge < -0.3 is 9.13 Å². The van der Waals surface area contributed by atoms with Gasteiger partial charge in [-0.1, -0.05) is 72.8 Å². The zero-order chi connectivity index (χ0) is 34.5. The molecule has 1 atom stereocenters. The molecule has 7 aromatic rings. The summed E-state index contributed by atoms with van der Waals surface area (Å²) in [6, 6.07) is 41.9. The van der Waals surface area contributed by atoms with E-state index in [9.17, 15) is 15.8 Å². The number of benzene rings is 5. The van der Waals surface area contributed by atoms with Crippen LogP contribution in [0.1, 0.15) is 63.4 Å². The first-order chi connectivity index (χ1) is 25.1. The summed E-state index contributed by atoms with van der Waals surface area (Å²) in [7, 11) is 0. The summed E-state index contributed by atoms with van der Waals surface area (Å²) < 4.78 is 4.66. The van der Waals surface area contributed by atoms with E-state index in [2.05, 4.69) is 112 Å². The minimum Gasteiger partial charge on any atom is -0.340 e. The molecule has 2 heterocycles. The van der Waals surface area contributed by atoms with Crippen molar-refractivity contribution in [1.82, 2.24) is 9.13 Å². The molecular formula is C46H31N5. The lowest BCUT2D eigenvalue weighted by Crippen LogP contribution is -2.11. The molecule has 2 aromatic heterocycles. The Morgan fingerprint density at radius 1 is 0.647 bits per heavy atom. The first kappa shape index (κ1) is 30.2. The monoisotopic (exact) mass is 653 g/mol. The Balaban J connectivity index is 1.16.